The highest BCUT2D eigenvalue weighted by Gasteiger charge is 2.12. The summed E-state index contributed by atoms with van der Waals surface area (Å²) in [7, 11) is 4.85. The number of hydrogen-bond donors (Lipinski definition) is 0. The molecule has 0 amide bonds. The summed E-state index contributed by atoms with van der Waals surface area (Å²) in [6.07, 6.45) is 4.65. The van der Waals surface area contributed by atoms with E-state index in [0.717, 1.165) is 5.56 Å². The van der Waals surface area contributed by atoms with E-state index in [1.807, 2.05) is 6.07 Å². The fourth-order valence-electron chi connectivity index (χ4n) is 1.83. The van der Waals surface area contributed by atoms with Crippen molar-refractivity contribution in [2.24, 2.45) is 7.05 Å². The Morgan fingerprint density at radius 3 is 2.67 bits per heavy atom. The molecule has 6 heteroatoms. The van der Waals surface area contributed by atoms with Crippen molar-refractivity contribution >= 4 is 23.5 Å². The molecule has 21 heavy (non-hydrogen) atoms. The van der Waals surface area contributed by atoms with Gasteiger partial charge >= 0.3 is 0 Å². The zero-order valence-corrected chi connectivity index (χ0v) is 12.7. The van der Waals surface area contributed by atoms with Gasteiger partial charge in [-0.15, -0.1) is 0 Å². The third kappa shape index (κ3) is 3.44. The standard InChI is InChI=1S/C15H15ClN2O3/c1-18-9-12(16)15(17-18)13(19)7-5-10-4-6-11(20-2)8-14(10)21-3/h4-9H,1-3H3/b7-5+. The topological polar surface area (TPSA) is 53.3 Å². The first-order chi connectivity index (χ1) is 10.0. The summed E-state index contributed by atoms with van der Waals surface area (Å²) in [6.45, 7) is 0. The van der Waals surface area contributed by atoms with Crippen LogP contribution in [0.3, 0.4) is 0 Å². The highest BCUT2D eigenvalue weighted by Crippen LogP contribution is 2.26. The van der Waals surface area contributed by atoms with Crippen molar-refractivity contribution in [3.63, 3.8) is 0 Å². The second kappa shape index (κ2) is 6.45. The molecule has 0 bridgehead atoms. The molecule has 1 heterocycles. The number of benzene rings is 1. The Hall–Kier alpha value is -2.27. The van der Waals surface area contributed by atoms with Gasteiger partial charge in [0.05, 0.1) is 19.2 Å². The summed E-state index contributed by atoms with van der Waals surface area (Å²) in [5.41, 5.74) is 0.988. The van der Waals surface area contributed by atoms with Crippen molar-refractivity contribution in [3.8, 4) is 11.5 Å². The van der Waals surface area contributed by atoms with E-state index >= 15 is 0 Å². The molecular weight excluding hydrogens is 292 g/mol. The fraction of sp³-hybridized carbons (Fsp3) is 0.200. The van der Waals surface area contributed by atoms with Crippen LogP contribution in [0.4, 0.5) is 0 Å². The van der Waals surface area contributed by atoms with Crippen LogP contribution in [0.1, 0.15) is 16.1 Å². The van der Waals surface area contributed by atoms with Gasteiger partial charge in [-0.3, -0.25) is 9.48 Å². The van der Waals surface area contributed by atoms with Crippen LogP contribution >= 0.6 is 11.6 Å². The number of hydrogen-bond acceptors (Lipinski definition) is 4. The Morgan fingerprint density at radius 2 is 2.10 bits per heavy atom. The molecule has 2 aromatic rings. The van der Waals surface area contributed by atoms with Crippen molar-refractivity contribution in [2.45, 2.75) is 0 Å². The molecule has 0 aliphatic rings. The van der Waals surface area contributed by atoms with Gasteiger partial charge in [0.15, 0.2) is 5.69 Å². The lowest BCUT2D eigenvalue weighted by Crippen LogP contribution is -1.98. The average molecular weight is 307 g/mol. The number of carbonyl (C=O) groups excluding carboxylic acids is 1. The number of nitrogens with zero attached hydrogens (tertiary/aromatic N) is 2. The van der Waals surface area contributed by atoms with Gasteiger partial charge in [0.25, 0.3) is 0 Å². The van der Waals surface area contributed by atoms with Crippen LogP contribution in [0, 0.1) is 0 Å². The van der Waals surface area contributed by atoms with Crippen LogP contribution in [0.5, 0.6) is 11.5 Å². The van der Waals surface area contributed by atoms with Gasteiger partial charge in [0, 0.05) is 24.9 Å². The number of carbonyl (C=O) groups is 1. The van der Waals surface area contributed by atoms with E-state index in [1.54, 1.807) is 45.7 Å². The van der Waals surface area contributed by atoms with E-state index in [0.29, 0.717) is 16.5 Å². The average Bonchev–Trinajstić information content (AvgIpc) is 2.83. The van der Waals surface area contributed by atoms with Crippen molar-refractivity contribution in [2.75, 3.05) is 14.2 Å². The van der Waals surface area contributed by atoms with Crippen molar-refractivity contribution < 1.29 is 14.3 Å². The van der Waals surface area contributed by atoms with Gasteiger partial charge < -0.3 is 9.47 Å². The quantitative estimate of drug-likeness (QED) is 0.629. The molecule has 0 spiro atoms. The van der Waals surface area contributed by atoms with Crippen LogP contribution in [0.25, 0.3) is 6.08 Å². The zero-order valence-electron chi connectivity index (χ0n) is 12.0. The van der Waals surface area contributed by atoms with E-state index in [2.05, 4.69) is 5.10 Å². The second-order valence-corrected chi connectivity index (χ2v) is 4.71. The molecule has 0 radical (unpaired) electrons. The lowest BCUT2D eigenvalue weighted by atomic mass is 10.1. The molecule has 0 saturated carbocycles. The predicted molar refractivity (Wildman–Crippen MR) is 81.1 cm³/mol. The molecule has 0 aliphatic carbocycles. The minimum atomic E-state index is -0.265. The van der Waals surface area contributed by atoms with Crippen molar-refractivity contribution in [1.82, 2.24) is 9.78 Å². The van der Waals surface area contributed by atoms with Crippen LogP contribution in [-0.4, -0.2) is 29.8 Å². The Morgan fingerprint density at radius 1 is 1.33 bits per heavy atom. The monoisotopic (exact) mass is 306 g/mol. The van der Waals surface area contributed by atoms with Crippen LogP contribution < -0.4 is 9.47 Å². The molecular formula is C15H15ClN2O3. The minimum Gasteiger partial charge on any atom is -0.497 e. The summed E-state index contributed by atoms with van der Waals surface area (Å²) < 4.78 is 11.9. The maximum Gasteiger partial charge on any atom is 0.207 e. The van der Waals surface area contributed by atoms with Crippen molar-refractivity contribution in [3.05, 3.63) is 46.8 Å². The number of aryl methyl sites for hydroxylation is 1. The first-order valence-electron chi connectivity index (χ1n) is 6.18. The maximum atomic E-state index is 12.1. The van der Waals surface area contributed by atoms with Gasteiger partial charge in [-0.25, -0.2) is 0 Å². The van der Waals surface area contributed by atoms with Crippen LogP contribution in [0.15, 0.2) is 30.5 Å². The summed E-state index contributed by atoms with van der Waals surface area (Å²) in [5, 5.41) is 4.35. The Labute approximate surface area is 127 Å². The van der Waals surface area contributed by atoms with E-state index in [9.17, 15) is 4.79 Å². The molecule has 0 fully saturated rings. The van der Waals surface area contributed by atoms with Gasteiger partial charge in [-0.2, -0.15) is 5.10 Å². The lowest BCUT2D eigenvalue weighted by molar-refractivity contribution is 0.104. The first kappa shape index (κ1) is 15.1. The third-order valence-electron chi connectivity index (χ3n) is 2.87. The Kier molecular flexibility index (Phi) is 4.65. The van der Waals surface area contributed by atoms with E-state index in [1.165, 1.54) is 10.8 Å². The molecule has 0 unspecified atom stereocenters. The molecule has 0 N–H and O–H groups in total. The Bertz CT molecular complexity index is 692. The summed E-state index contributed by atoms with van der Waals surface area (Å²) in [5.74, 6) is 1.03. The molecule has 5 nitrogen and oxygen atoms in total. The summed E-state index contributed by atoms with van der Waals surface area (Å²) >= 11 is 5.94. The highest BCUT2D eigenvalue weighted by molar-refractivity contribution is 6.34. The molecule has 2 rings (SSSR count). The summed E-state index contributed by atoms with van der Waals surface area (Å²) in [6, 6.07) is 5.35. The van der Waals surface area contributed by atoms with E-state index < -0.39 is 0 Å². The van der Waals surface area contributed by atoms with Crippen molar-refractivity contribution in [1.29, 1.82) is 0 Å². The number of ketones is 1. The first-order valence-corrected chi connectivity index (χ1v) is 6.56. The Balaban J connectivity index is 2.25. The predicted octanol–water partition coefficient (Wildman–Crippen LogP) is 2.99. The van der Waals surface area contributed by atoms with Gasteiger partial charge in [-0.1, -0.05) is 11.6 Å². The van der Waals surface area contributed by atoms with Crippen LogP contribution in [-0.2, 0) is 7.05 Å². The maximum absolute atomic E-state index is 12.1. The molecule has 110 valence electrons. The highest BCUT2D eigenvalue weighted by atomic mass is 35.5. The van der Waals surface area contributed by atoms with Gasteiger partial charge in [0.2, 0.25) is 5.78 Å². The fourth-order valence-corrected chi connectivity index (χ4v) is 2.10. The van der Waals surface area contributed by atoms with E-state index in [-0.39, 0.29) is 11.5 Å². The normalized spacial score (nSPS) is 10.9. The number of allylic oxidation sites excluding steroid dienone is 1. The third-order valence-corrected chi connectivity index (χ3v) is 3.15. The number of ether oxygens (including phenoxy) is 2. The molecule has 1 aromatic heterocycles. The van der Waals surface area contributed by atoms with Gasteiger partial charge in [-0.05, 0) is 24.3 Å². The number of rotatable bonds is 5. The number of halogens is 1. The lowest BCUT2D eigenvalue weighted by Gasteiger charge is -2.07. The van der Waals surface area contributed by atoms with E-state index in [4.69, 9.17) is 21.1 Å². The molecule has 0 saturated heterocycles. The number of aromatic nitrogens is 2. The largest absolute Gasteiger partial charge is 0.497 e. The molecule has 1 aromatic carbocycles. The second-order valence-electron chi connectivity index (χ2n) is 4.30. The minimum absolute atomic E-state index is 0.225. The SMILES string of the molecule is COc1ccc(/C=C/C(=O)c2nn(C)cc2Cl)c(OC)c1. The smallest absolute Gasteiger partial charge is 0.207 e. The van der Waals surface area contributed by atoms with Gasteiger partial charge in [0.1, 0.15) is 11.5 Å². The number of methoxy groups -OCH3 is 2. The van der Waals surface area contributed by atoms with Crippen LogP contribution in [0.2, 0.25) is 5.02 Å². The molecule has 0 aliphatic heterocycles. The molecule has 0 atom stereocenters. The zero-order chi connectivity index (χ0) is 15.4. The summed E-state index contributed by atoms with van der Waals surface area (Å²) in [4.78, 5) is 12.1.